The molecule has 112 valence electrons. The first kappa shape index (κ1) is 17.9. The topological polar surface area (TPSA) is 96.0 Å². The molecule has 0 heterocycles. The van der Waals surface area contributed by atoms with Gasteiger partial charge in [-0.05, 0) is 27.7 Å². The van der Waals surface area contributed by atoms with Gasteiger partial charge in [0, 0.05) is 0 Å². The largest absolute Gasteiger partial charge is 0.465 e. The summed E-state index contributed by atoms with van der Waals surface area (Å²) in [7, 11) is 0. The molecule has 0 unspecified atom stereocenters. The van der Waals surface area contributed by atoms with Crippen molar-refractivity contribution in [2.75, 3.05) is 19.8 Å². The van der Waals surface area contributed by atoms with Crippen molar-refractivity contribution in [3.63, 3.8) is 0 Å². The van der Waals surface area contributed by atoms with Crippen LogP contribution in [0.3, 0.4) is 0 Å². The van der Waals surface area contributed by atoms with Crippen molar-refractivity contribution in [1.29, 1.82) is 0 Å². The SMILES string of the molecule is CCOC(=O)C(=C=O)C(C)(C(=O)OCC)C(=O)OCC. The van der Waals surface area contributed by atoms with Crippen LogP contribution in [0, 0.1) is 5.41 Å². The normalized spacial score (nSPS) is 10.2. The minimum absolute atomic E-state index is 0.0221. The third-order valence-corrected chi connectivity index (χ3v) is 2.45. The Hall–Kier alpha value is -2.14. The van der Waals surface area contributed by atoms with Gasteiger partial charge in [0.2, 0.25) is 5.41 Å². The van der Waals surface area contributed by atoms with Crippen LogP contribution in [0.2, 0.25) is 0 Å². The highest BCUT2D eigenvalue weighted by Gasteiger charge is 2.52. The van der Waals surface area contributed by atoms with Gasteiger partial charge in [-0.1, -0.05) is 0 Å². The van der Waals surface area contributed by atoms with Gasteiger partial charge in [-0.15, -0.1) is 0 Å². The van der Waals surface area contributed by atoms with Crippen molar-refractivity contribution in [2.45, 2.75) is 27.7 Å². The highest BCUT2D eigenvalue weighted by atomic mass is 16.6. The third-order valence-electron chi connectivity index (χ3n) is 2.45. The number of hydrogen-bond donors (Lipinski definition) is 0. The van der Waals surface area contributed by atoms with Crippen molar-refractivity contribution in [2.24, 2.45) is 5.41 Å². The highest BCUT2D eigenvalue weighted by molar-refractivity contribution is 6.15. The zero-order valence-electron chi connectivity index (χ0n) is 12.0. The van der Waals surface area contributed by atoms with Gasteiger partial charge in [-0.25, -0.2) is 9.59 Å². The molecule has 0 rings (SSSR count). The van der Waals surface area contributed by atoms with E-state index in [0.29, 0.717) is 0 Å². The van der Waals surface area contributed by atoms with E-state index in [4.69, 9.17) is 9.47 Å². The lowest BCUT2D eigenvalue weighted by Gasteiger charge is -2.24. The Balaban J connectivity index is 5.73. The second-order valence-electron chi connectivity index (χ2n) is 3.76. The summed E-state index contributed by atoms with van der Waals surface area (Å²) >= 11 is 0. The number of carbonyl (C=O) groups is 3. The smallest absolute Gasteiger partial charge is 0.347 e. The van der Waals surface area contributed by atoms with Crippen molar-refractivity contribution < 1.29 is 33.4 Å². The fourth-order valence-electron chi connectivity index (χ4n) is 1.39. The summed E-state index contributed by atoms with van der Waals surface area (Å²) in [5.41, 5.74) is -2.96. The number of ether oxygens (including phenoxy) is 3. The van der Waals surface area contributed by atoms with Crippen molar-refractivity contribution >= 4 is 23.8 Å². The monoisotopic (exact) mass is 286 g/mol. The van der Waals surface area contributed by atoms with E-state index < -0.39 is 28.9 Å². The lowest BCUT2D eigenvalue weighted by Crippen LogP contribution is -2.44. The van der Waals surface area contributed by atoms with E-state index in [1.54, 1.807) is 0 Å². The molecule has 7 nitrogen and oxygen atoms in total. The van der Waals surface area contributed by atoms with E-state index in [1.807, 2.05) is 0 Å². The Bertz CT molecular complexity index is 414. The second kappa shape index (κ2) is 8.12. The molecule has 0 aromatic heterocycles. The minimum Gasteiger partial charge on any atom is -0.465 e. The minimum atomic E-state index is -2.19. The van der Waals surface area contributed by atoms with Gasteiger partial charge in [-0.2, -0.15) is 0 Å². The molecule has 0 bridgehead atoms. The molecule has 0 saturated heterocycles. The lowest BCUT2D eigenvalue weighted by molar-refractivity contribution is -0.169. The molecular formula is C13H18O7. The van der Waals surface area contributed by atoms with E-state index in [-0.39, 0.29) is 19.8 Å². The standard InChI is InChI=1S/C13H18O7/c1-5-18-10(15)9(8-14)13(4,11(16)19-6-2)12(17)20-7-3/h5-7H2,1-4H3. The molecule has 0 spiro atoms. The molecule has 20 heavy (non-hydrogen) atoms. The van der Waals surface area contributed by atoms with Crippen LogP contribution in [-0.2, 0) is 33.4 Å². The fourth-order valence-corrected chi connectivity index (χ4v) is 1.39. The molecule has 0 aliphatic heterocycles. The zero-order chi connectivity index (χ0) is 15.8. The van der Waals surface area contributed by atoms with Crippen LogP contribution in [0.25, 0.3) is 0 Å². The summed E-state index contributed by atoms with van der Waals surface area (Å²) in [6.07, 6.45) is 0. The molecule has 0 atom stereocenters. The Morgan fingerprint density at radius 2 is 1.30 bits per heavy atom. The molecule has 0 amide bonds. The van der Waals surface area contributed by atoms with Crippen LogP contribution >= 0.6 is 0 Å². The molecule has 0 N–H and O–H groups in total. The first-order valence-electron chi connectivity index (χ1n) is 6.17. The summed E-state index contributed by atoms with van der Waals surface area (Å²) in [6, 6.07) is 0. The van der Waals surface area contributed by atoms with Crippen LogP contribution < -0.4 is 0 Å². The molecule has 0 radical (unpaired) electrons. The maximum Gasteiger partial charge on any atom is 0.347 e. The molecule has 0 aliphatic carbocycles. The van der Waals surface area contributed by atoms with E-state index in [2.05, 4.69) is 4.74 Å². The maximum absolute atomic E-state index is 12.0. The van der Waals surface area contributed by atoms with E-state index in [0.717, 1.165) is 6.92 Å². The summed E-state index contributed by atoms with van der Waals surface area (Å²) in [4.78, 5) is 46.6. The predicted octanol–water partition coefficient (Wildman–Crippen LogP) is 0.440. The second-order valence-corrected chi connectivity index (χ2v) is 3.76. The maximum atomic E-state index is 12.0. The predicted molar refractivity (Wildman–Crippen MR) is 67.2 cm³/mol. The Morgan fingerprint density at radius 3 is 1.60 bits per heavy atom. The van der Waals surface area contributed by atoms with E-state index in [9.17, 15) is 19.2 Å². The summed E-state index contributed by atoms with van der Waals surface area (Å²) in [6.45, 7) is 5.57. The van der Waals surface area contributed by atoms with Gasteiger partial charge in [-0.3, -0.25) is 9.59 Å². The molecule has 0 saturated carbocycles. The average Bonchev–Trinajstić information content (AvgIpc) is 2.40. The Labute approximate surface area is 116 Å². The highest BCUT2D eigenvalue weighted by Crippen LogP contribution is 2.30. The van der Waals surface area contributed by atoms with Crippen molar-refractivity contribution in [1.82, 2.24) is 0 Å². The quantitative estimate of drug-likeness (QED) is 0.220. The summed E-state index contributed by atoms with van der Waals surface area (Å²) in [5, 5.41) is 0. The van der Waals surface area contributed by atoms with E-state index in [1.165, 1.54) is 26.7 Å². The number of esters is 3. The zero-order valence-corrected chi connectivity index (χ0v) is 12.0. The molecule has 7 heteroatoms. The Morgan fingerprint density at radius 1 is 0.900 bits per heavy atom. The van der Waals surface area contributed by atoms with Crippen LogP contribution in [0.5, 0.6) is 0 Å². The van der Waals surface area contributed by atoms with Gasteiger partial charge >= 0.3 is 17.9 Å². The number of hydrogen-bond acceptors (Lipinski definition) is 7. The van der Waals surface area contributed by atoms with Gasteiger partial charge in [0.15, 0.2) is 0 Å². The average molecular weight is 286 g/mol. The van der Waals surface area contributed by atoms with Crippen LogP contribution in [0.15, 0.2) is 5.57 Å². The van der Waals surface area contributed by atoms with Crippen LogP contribution in [0.1, 0.15) is 27.7 Å². The van der Waals surface area contributed by atoms with Crippen LogP contribution in [0.4, 0.5) is 0 Å². The summed E-state index contributed by atoms with van der Waals surface area (Å²) in [5.74, 6) is -1.94. The first-order valence-corrected chi connectivity index (χ1v) is 6.17. The van der Waals surface area contributed by atoms with Crippen molar-refractivity contribution in [3.8, 4) is 0 Å². The molecule has 0 aromatic carbocycles. The van der Waals surface area contributed by atoms with Gasteiger partial charge in [0.25, 0.3) is 0 Å². The molecular weight excluding hydrogens is 268 g/mol. The first-order chi connectivity index (χ1) is 9.39. The molecule has 0 aliphatic rings. The summed E-state index contributed by atoms with van der Waals surface area (Å²) < 4.78 is 14.1. The Kier molecular flexibility index (Phi) is 7.25. The van der Waals surface area contributed by atoms with Gasteiger partial charge in [0.1, 0.15) is 11.5 Å². The van der Waals surface area contributed by atoms with Crippen LogP contribution in [-0.4, -0.2) is 43.7 Å². The van der Waals surface area contributed by atoms with Crippen molar-refractivity contribution in [3.05, 3.63) is 5.57 Å². The lowest BCUT2D eigenvalue weighted by atomic mass is 9.82. The fraction of sp³-hybridized carbons (Fsp3) is 0.615. The third kappa shape index (κ3) is 3.68. The molecule has 0 aromatic rings. The molecule has 0 fully saturated rings. The number of rotatable bonds is 7. The van der Waals surface area contributed by atoms with Gasteiger partial charge < -0.3 is 14.2 Å². The number of carbonyl (C=O) groups excluding carboxylic acids is 4. The van der Waals surface area contributed by atoms with Gasteiger partial charge in [0.05, 0.1) is 19.8 Å². The van der Waals surface area contributed by atoms with E-state index >= 15 is 0 Å².